The molecule has 1 aliphatic rings. The molecule has 1 aromatic rings. The highest BCUT2D eigenvalue weighted by Crippen LogP contribution is 2.35. The first kappa shape index (κ1) is 14.2. The fraction of sp³-hybridized carbons (Fsp3) is 0.400. The van der Waals surface area contributed by atoms with Gasteiger partial charge in [0.2, 0.25) is 0 Å². The Hall–Kier alpha value is -2.17. The van der Waals surface area contributed by atoms with Crippen molar-refractivity contribution in [3.05, 3.63) is 29.3 Å². The van der Waals surface area contributed by atoms with Crippen molar-refractivity contribution in [2.45, 2.75) is 19.4 Å². The molecule has 0 spiro atoms. The highest BCUT2D eigenvalue weighted by Gasteiger charge is 2.22. The van der Waals surface area contributed by atoms with Gasteiger partial charge in [0.1, 0.15) is 0 Å². The van der Waals surface area contributed by atoms with E-state index in [9.17, 15) is 4.79 Å². The summed E-state index contributed by atoms with van der Waals surface area (Å²) in [5.74, 6) is 0.943. The Morgan fingerprint density at radius 1 is 1.25 bits per heavy atom. The average molecular weight is 277 g/mol. The number of fused-ring (bicyclic) bond motifs is 1. The lowest BCUT2D eigenvalue weighted by atomic mass is 9.93. The zero-order chi connectivity index (χ0) is 14.7. The van der Waals surface area contributed by atoms with Crippen molar-refractivity contribution in [2.24, 2.45) is 0 Å². The highest BCUT2D eigenvalue weighted by atomic mass is 16.5. The number of hydrogen-bond donors (Lipinski definition) is 1. The molecular formula is C15H19NO4. The molecule has 1 aromatic carbocycles. The minimum absolute atomic E-state index is 0.233. The van der Waals surface area contributed by atoms with E-state index in [1.807, 2.05) is 12.1 Å². The van der Waals surface area contributed by atoms with Gasteiger partial charge in [-0.1, -0.05) is 0 Å². The van der Waals surface area contributed by atoms with Crippen LogP contribution in [0.4, 0.5) is 0 Å². The molecule has 0 amide bonds. The van der Waals surface area contributed by atoms with Crippen LogP contribution in [0, 0.1) is 0 Å². The summed E-state index contributed by atoms with van der Waals surface area (Å²) in [6.07, 6.45) is 2.31. The number of methoxy groups -OCH3 is 3. The number of hydrogen-bond acceptors (Lipinski definition) is 5. The third-order valence-electron chi connectivity index (χ3n) is 3.29. The second-order valence-corrected chi connectivity index (χ2v) is 4.70. The van der Waals surface area contributed by atoms with E-state index in [1.54, 1.807) is 14.2 Å². The molecule has 1 unspecified atom stereocenters. The number of nitrogens with one attached hydrogen (secondary N) is 1. The molecule has 0 saturated heterocycles. The summed E-state index contributed by atoms with van der Waals surface area (Å²) >= 11 is 0. The molecule has 0 bridgehead atoms. The fourth-order valence-electron chi connectivity index (χ4n) is 2.36. The smallest absolute Gasteiger partial charge is 0.332 e. The zero-order valence-electron chi connectivity index (χ0n) is 12.1. The van der Waals surface area contributed by atoms with E-state index in [0.29, 0.717) is 11.5 Å². The standard InChI is InChI=1S/C15H19NO4/c1-9-5-10-6-13(18-2)14(19-3)7-11(10)12(16-9)8-15(17)20-4/h6-9,16H,5H2,1-4H3. The second-order valence-electron chi connectivity index (χ2n) is 4.70. The Labute approximate surface area is 118 Å². The molecule has 1 N–H and O–H groups in total. The zero-order valence-corrected chi connectivity index (χ0v) is 12.1. The Balaban J connectivity index is 2.53. The summed E-state index contributed by atoms with van der Waals surface area (Å²) in [7, 11) is 4.56. The van der Waals surface area contributed by atoms with Crippen LogP contribution in [0.5, 0.6) is 11.5 Å². The molecule has 1 aliphatic heterocycles. The lowest BCUT2D eigenvalue weighted by Gasteiger charge is -2.27. The molecule has 5 nitrogen and oxygen atoms in total. The topological polar surface area (TPSA) is 56.8 Å². The monoisotopic (exact) mass is 277 g/mol. The third-order valence-corrected chi connectivity index (χ3v) is 3.29. The molecule has 20 heavy (non-hydrogen) atoms. The summed E-state index contributed by atoms with van der Waals surface area (Å²) in [5, 5.41) is 3.29. The van der Waals surface area contributed by atoms with Gasteiger partial charge >= 0.3 is 5.97 Å². The largest absolute Gasteiger partial charge is 0.493 e. The van der Waals surface area contributed by atoms with Gasteiger partial charge in [0.05, 0.1) is 21.3 Å². The number of carbonyl (C=O) groups excluding carboxylic acids is 1. The Morgan fingerprint density at radius 3 is 2.50 bits per heavy atom. The van der Waals surface area contributed by atoms with Crippen molar-refractivity contribution < 1.29 is 19.0 Å². The van der Waals surface area contributed by atoms with Crippen molar-refractivity contribution >= 4 is 11.7 Å². The Bertz CT molecular complexity index is 551. The molecule has 1 heterocycles. The van der Waals surface area contributed by atoms with E-state index < -0.39 is 0 Å². The van der Waals surface area contributed by atoms with Crippen LogP contribution in [0.15, 0.2) is 18.2 Å². The lowest BCUT2D eigenvalue weighted by molar-refractivity contribution is -0.134. The number of ether oxygens (including phenoxy) is 3. The molecule has 108 valence electrons. The van der Waals surface area contributed by atoms with E-state index in [2.05, 4.69) is 12.2 Å². The van der Waals surface area contributed by atoms with Crippen molar-refractivity contribution in [1.29, 1.82) is 0 Å². The molecule has 0 aromatic heterocycles. The first-order valence-electron chi connectivity index (χ1n) is 6.40. The van der Waals surface area contributed by atoms with Gasteiger partial charge in [0.15, 0.2) is 11.5 Å². The molecule has 0 saturated carbocycles. The van der Waals surface area contributed by atoms with Crippen molar-refractivity contribution in [2.75, 3.05) is 21.3 Å². The number of carbonyl (C=O) groups is 1. The predicted molar refractivity (Wildman–Crippen MR) is 75.8 cm³/mol. The van der Waals surface area contributed by atoms with E-state index in [4.69, 9.17) is 14.2 Å². The molecule has 5 heteroatoms. The van der Waals surface area contributed by atoms with Crippen molar-refractivity contribution in [3.8, 4) is 11.5 Å². The van der Waals surface area contributed by atoms with Gasteiger partial charge in [-0.3, -0.25) is 0 Å². The first-order chi connectivity index (χ1) is 9.58. The fourth-order valence-corrected chi connectivity index (χ4v) is 2.36. The Morgan fingerprint density at radius 2 is 1.90 bits per heavy atom. The highest BCUT2D eigenvalue weighted by molar-refractivity contribution is 5.92. The quantitative estimate of drug-likeness (QED) is 0.674. The Kier molecular flexibility index (Phi) is 4.17. The normalized spacial score (nSPS) is 19.0. The summed E-state index contributed by atoms with van der Waals surface area (Å²) in [6, 6.07) is 4.06. The molecular weight excluding hydrogens is 258 g/mol. The molecule has 0 fully saturated rings. The lowest BCUT2D eigenvalue weighted by Crippen LogP contribution is -2.32. The predicted octanol–water partition coefficient (Wildman–Crippen LogP) is 1.75. The maximum absolute atomic E-state index is 11.5. The van der Waals surface area contributed by atoms with Gasteiger partial charge in [0.25, 0.3) is 0 Å². The van der Waals surface area contributed by atoms with Crippen LogP contribution in [-0.4, -0.2) is 33.3 Å². The van der Waals surface area contributed by atoms with Crippen molar-refractivity contribution in [1.82, 2.24) is 5.32 Å². The van der Waals surface area contributed by atoms with Crippen LogP contribution in [0.3, 0.4) is 0 Å². The maximum atomic E-state index is 11.5. The molecule has 2 rings (SSSR count). The summed E-state index contributed by atoms with van der Waals surface area (Å²) < 4.78 is 15.3. The second kappa shape index (κ2) is 5.86. The van der Waals surface area contributed by atoms with Crippen LogP contribution < -0.4 is 14.8 Å². The maximum Gasteiger partial charge on any atom is 0.332 e. The summed E-state index contributed by atoms with van der Waals surface area (Å²) in [4.78, 5) is 11.5. The van der Waals surface area contributed by atoms with E-state index in [0.717, 1.165) is 23.2 Å². The van der Waals surface area contributed by atoms with Gasteiger partial charge < -0.3 is 19.5 Å². The van der Waals surface area contributed by atoms with Gasteiger partial charge in [-0.05, 0) is 31.0 Å². The van der Waals surface area contributed by atoms with Crippen LogP contribution in [-0.2, 0) is 16.0 Å². The van der Waals surface area contributed by atoms with Gasteiger partial charge in [-0.15, -0.1) is 0 Å². The number of benzene rings is 1. The van der Waals surface area contributed by atoms with E-state index in [-0.39, 0.29) is 12.0 Å². The van der Waals surface area contributed by atoms with Gasteiger partial charge in [-0.25, -0.2) is 4.79 Å². The summed E-state index contributed by atoms with van der Waals surface area (Å²) in [5.41, 5.74) is 2.79. The van der Waals surface area contributed by atoms with Crippen LogP contribution in [0.25, 0.3) is 5.70 Å². The van der Waals surface area contributed by atoms with Crippen LogP contribution in [0.2, 0.25) is 0 Å². The van der Waals surface area contributed by atoms with E-state index in [1.165, 1.54) is 13.2 Å². The minimum atomic E-state index is -0.387. The molecule has 1 atom stereocenters. The SMILES string of the molecule is COC(=O)C=C1NC(C)Cc2cc(OC)c(OC)cc21. The third kappa shape index (κ3) is 2.71. The average Bonchev–Trinajstić information content (AvgIpc) is 2.45. The number of rotatable bonds is 3. The molecule has 0 radical (unpaired) electrons. The van der Waals surface area contributed by atoms with Crippen LogP contribution in [0.1, 0.15) is 18.1 Å². The summed E-state index contributed by atoms with van der Waals surface area (Å²) in [6.45, 7) is 2.06. The van der Waals surface area contributed by atoms with Crippen molar-refractivity contribution in [3.63, 3.8) is 0 Å². The minimum Gasteiger partial charge on any atom is -0.493 e. The van der Waals surface area contributed by atoms with E-state index >= 15 is 0 Å². The van der Waals surface area contributed by atoms with Gasteiger partial charge in [-0.2, -0.15) is 0 Å². The molecule has 0 aliphatic carbocycles. The van der Waals surface area contributed by atoms with Gasteiger partial charge in [0, 0.05) is 23.4 Å². The number of esters is 1. The first-order valence-corrected chi connectivity index (χ1v) is 6.40. The van der Waals surface area contributed by atoms with Crippen LogP contribution >= 0.6 is 0 Å².